The number of carbonyl (C=O) groups is 3. The van der Waals surface area contributed by atoms with E-state index >= 15 is 0 Å². The first-order chi connectivity index (χ1) is 15.5. The van der Waals surface area contributed by atoms with Crippen LogP contribution in [0.15, 0.2) is 18.5 Å². The van der Waals surface area contributed by atoms with Crippen LogP contribution in [0, 0.1) is 0 Å². The first kappa shape index (κ1) is 24.8. The SMILES string of the molecule is CN1CCCC[C@H](N)C(=O)N2C[C@@H](NC(=O)OC(C)(C)C)C[C@H]2COc2cncc(c2)C1=O. The zero-order valence-electron chi connectivity index (χ0n) is 19.9. The molecule has 0 aromatic carbocycles. The Morgan fingerprint density at radius 2 is 2.03 bits per heavy atom. The number of nitrogens with one attached hydrogen (secondary N) is 1. The minimum absolute atomic E-state index is 0.132. The molecule has 0 radical (unpaired) electrons. The van der Waals surface area contributed by atoms with E-state index in [9.17, 15) is 14.4 Å². The van der Waals surface area contributed by atoms with Gasteiger partial charge in [0, 0.05) is 26.3 Å². The molecule has 182 valence electrons. The highest BCUT2D eigenvalue weighted by molar-refractivity contribution is 5.94. The van der Waals surface area contributed by atoms with Crippen molar-refractivity contribution in [1.29, 1.82) is 0 Å². The van der Waals surface area contributed by atoms with Crippen LogP contribution in [0.3, 0.4) is 0 Å². The Labute approximate surface area is 194 Å². The fourth-order valence-electron chi connectivity index (χ4n) is 4.10. The van der Waals surface area contributed by atoms with Crippen molar-refractivity contribution in [1.82, 2.24) is 20.1 Å². The number of nitrogens with zero attached hydrogens (tertiary/aromatic N) is 3. The van der Waals surface area contributed by atoms with Crippen molar-refractivity contribution in [2.24, 2.45) is 5.73 Å². The van der Waals surface area contributed by atoms with Crippen LogP contribution < -0.4 is 15.8 Å². The summed E-state index contributed by atoms with van der Waals surface area (Å²) in [5, 5.41) is 2.85. The lowest BCUT2D eigenvalue weighted by Crippen LogP contribution is -2.48. The maximum atomic E-state index is 13.1. The van der Waals surface area contributed by atoms with Crippen LogP contribution in [-0.4, -0.2) is 83.2 Å². The van der Waals surface area contributed by atoms with Crippen molar-refractivity contribution < 1.29 is 23.9 Å². The van der Waals surface area contributed by atoms with Gasteiger partial charge in [-0.1, -0.05) is 0 Å². The van der Waals surface area contributed by atoms with Crippen molar-refractivity contribution in [3.63, 3.8) is 0 Å². The summed E-state index contributed by atoms with van der Waals surface area (Å²) in [5.41, 5.74) is 6.06. The van der Waals surface area contributed by atoms with Crippen LogP contribution in [0.4, 0.5) is 4.79 Å². The van der Waals surface area contributed by atoms with Gasteiger partial charge in [-0.05, 0) is 52.5 Å². The summed E-state index contributed by atoms with van der Waals surface area (Å²) >= 11 is 0. The molecule has 3 heterocycles. The summed E-state index contributed by atoms with van der Waals surface area (Å²) < 4.78 is 11.3. The number of ether oxygens (including phenoxy) is 2. The summed E-state index contributed by atoms with van der Waals surface area (Å²) in [5.74, 6) is 0.153. The average molecular weight is 462 g/mol. The number of hydrogen-bond acceptors (Lipinski definition) is 7. The Hall–Kier alpha value is -2.88. The lowest BCUT2D eigenvalue weighted by molar-refractivity contribution is -0.134. The van der Waals surface area contributed by atoms with Gasteiger partial charge in [0.25, 0.3) is 5.91 Å². The molecule has 1 aromatic rings. The summed E-state index contributed by atoms with van der Waals surface area (Å²) in [6.07, 6.45) is 5.02. The van der Waals surface area contributed by atoms with Crippen LogP contribution in [0.1, 0.15) is 56.8 Å². The molecule has 0 aliphatic carbocycles. The molecule has 0 saturated carbocycles. The summed E-state index contributed by atoms with van der Waals surface area (Å²) in [7, 11) is 1.74. The molecule has 3 amide bonds. The third-order valence-corrected chi connectivity index (χ3v) is 5.74. The third-order valence-electron chi connectivity index (χ3n) is 5.74. The van der Waals surface area contributed by atoms with Crippen molar-refractivity contribution >= 4 is 17.9 Å². The van der Waals surface area contributed by atoms with E-state index in [1.807, 2.05) is 0 Å². The predicted octanol–water partition coefficient (Wildman–Crippen LogP) is 1.54. The molecule has 3 N–H and O–H groups in total. The van der Waals surface area contributed by atoms with Gasteiger partial charge in [-0.15, -0.1) is 0 Å². The molecule has 1 saturated heterocycles. The summed E-state index contributed by atoms with van der Waals surface area (Å²) in [4.78, 5) is 45.5. The first-order valence-electron chi connectivity index (χ1n) is 11.4. The van der Waals surface area contributed by atoms with Gasteiger partial charge in [0.05, 0.1) is 29.9 Å². The maximum absolute atomic E-state index is 13.1. The number of hydrogen-bond donors (Lipinski definition) is 2. The Morgan fingerprint density at radius 1 is 1.27 bits per heavy atom. The average Bonchev–Trinajstić information content (AvgIpc) is 3.14. The number of alkyl carbamates (subject to hydrolysis) is 1. The Balaban J connectivity index is 1.77. The van der Waals surface area contributed by atoms with E-state index < -0.39 is 17.7 Å². The van der Waals surface area contributed by atoms with Crippen LogP contribution in [0.25, 0.3) is 0 Å². The van der Waals surface area contributed by atoms with E-state index in [0.717, 1.165) is 12.8 Å². The van der Waals surface area contributed by atoms with E-state index in [2.05, 4.69) is 10.3 Å². The van der Waals surface area contributed by atoms with Gasteiger partial charge in [0.15, 0.2) is 0 Å². The highest BCUT2D eigenvalue weighted by Crippen LogP contribution is 2.23. The molecule has 1 fully saturated rings. The van der Waals surface area contributed by atoms with Gasteiger partial charge in [0.2, 0.25) is 5.91 Å². The van der Waals surface area contributed by atoms with Crippen molar-refractivity contribution in [2.75, 3.05) is 26.7 Å². The topological polar surface area (TPSA) is 127 Å². The van der Waals surface area contributed by atoms with Crippen molar-refractivity contribution in [3.8, 4) is 5.75 Å². The zero-order chi connectivity index (χ0) is 24.2. The molecular formula is C23H35N5O5. The number of fused-ring (bicyclic) bond motifs is 3. The molecule has 3 atom stereocenters. The minimum Gasteiger partial charge on any atom is -0.490 e. The van der Waals surface area contributed by atoms with Gasteiger partial charge in [0.1, 0.15) is 18.0 Å². The van der Waals surface area contributed by atoms with Crippen LogP contribution in [-0.2, 0) is 9.53 Å². The Morgan fingerprint density at radius 3 is 2.76 bits per heavy atom. The molecule has 0 spiro atoms. The van der Waals surface area contributed by atoms with E-state index in [1.165, 1.54) is 12.4 Å². The molecule has 2 bridgehead atoms. The fraction of sp³-hybridized carbons (Fsp3) is 0.652. The predicted molar refractivity (Wildman–Crippen MR) is 122 cm³/mol. The van der Waals surface area contributed by atoms with E-state index in [-0.39, 0.29) is 30.5 Å². The number of nitrogens with two attached hydrogens (primary N) is 1. The van der Waals surface area contributed by atoms with Crippen LogP contribution in [0.5, 0.6) is 5.75 Å². The second-order valence-electron chi connectivity index (χ2n) is 9.77. The third kappa shape index (κ3) is 6.80. The Bertz CT molecular complexity index is 871. The zero-order valence-corrected chi connectivity index (χ0v) is 19.9. The van der Waals surface area contributed by atoms with E-state index in [0.29, 0.717) is 37.2 Å². The second-order valence-corrected chi connectivity index (χ2v) is 9.77. The first-order valence-corrected chi connectivity index (χ1v) is 11.4. The lowest BCUT2D eigenvalue weighted by Gasteiger charge is -2.27. The molecule has 10 heteroatoms. The second kappa shape index (κ2) is 10.4. The van der Waals surface area contributed by atoms with Crippen molar-refractivity contribution in [3.05, 3.63) is 24.0 Å². The molecule has 10 nitrogen and oxygen atoms in total. The van der Waals surface area contributed by atoms with Gasteiger partial charge in [-0.25, -0.2) is 4.79 Å². The number of carbonyl (C=O) groups excluding carboxylic acids is 3. The quantitative estimate of drug-likeness (QED) is 0.649. The lowest BCUT2D eigenvalue weighted by atomic mass is 10.1. The van der Waals surface area contributed by atoms with Gasteiger partial charge in [-0.2, -0.15) is 0 Å². The summed E-state index contributed by atoms with van der Waals surface area (Å²) in [6, 6.07) is 0.454. The molecule has 3 rings (SSSR count). The molecular weight excluding hydrogens is 426 g/mol. The number of pyridine rings is 1. The number of amides is 3. The standard InChI is InChI=1S/C23H35N5O5/c1-23(2,3)33-22(31)26-16-10-17-14-32-18-9-15(11-25-12-18)20(29)27(4)8-6-5-7-19(24)21(30)28(17)13-16/h9,11-12,16-17,19H,5-8,10,13-14,24H2,1-4H3,(H,26,31)/t16-,17-,19-/m0/s1. The molecule has 1 aromatic heterocycles. The summed E-state index contributed by atoms with van der Waals surface area (Å²) in [6.45, 7) is 6.48. The normalized spacial score (nSPS) is 24.9. The van der Waals surface area contributed by atoms with Crippen LogP contribution in [0.2, 0.25) is 0 Å². The highest BCUT2D eigenvalue weighted by Gasteiger charge is 2.38. The highest BCUT2D eigenvalue weighted by atomic mass is 16.6. The number of rotatable bonds is 1. The molecule has 0 unspecified atom stereocenters. The van der Waals surface area contributed by atoms with Gasteiger partial charge in [-0.3, -0.25) is 14.6 Å². The molecule has 2 aliphatic rings. The minimum atomic E-state index is -0.651. The van der Waals surface area contributed by atoms with Gasteiger partial charge >= 0.3 is 6.09 Å². The van der Waals surface area contributed by atoms with Gasteiger partial charge < -0.3 is 30.3 Å². The van der Waals surface area contributed by atoms with E-state index in [1.54, 1.807) is 43.7 Å². The monoisotopic (exact) mass is 461 g/mol. The smallest absolute Gasteiger partial charge is 0.407 e. The van der Waals surface area contributed by atoms with Crippen molar-refractivity contribution in [2.45, 2.75) is 70.2 Å². The molecule has 33 heavy (non-hydrogen) atoms. The fourth-order valence-corrected chi connectivity index (χ4v) is 4.10. The largest absolute Gasteiger partial charge is 0.490 e. The number of aromatic nitrogens is 1. The Kier molecular flexibility index (Phi) is 7.78. The van der Waals surface area contributed by atoms with Crippen LogP contribution >= 0.6 is 0 Å². The van der Waals surface area contributed by atoms with E-state index in [4.69, 9.17) is 15.2 Å². The molecule has 2 aliphatic heterocycles. The maximum Gasteiger partial charge on any atom is 0.407 e.